The van der Waals surface area contributed by atoms with Gasteiger partial charge in [0.2, 0.25) is 0 Å². The molecule has 0 saturated carbocycles. The number of rotatable bonds is 10. The summed E-state index contributed by atoms with van der Waals surface area (Å²) in [6.07, 6.45) is 5.59. The average molecular weight is 378 g/mol. The van der Waals surface area contributed by atoms with Gasteiger partial charge in [-0.15, -0.1) is 6.58 Å². The Balaban J connectivity index is 2.18. The van der Waals surface area contributed by atoms with E-state index in [2.05, 4.69) is 23.7 Å². The number of aryl methyl sites for hydroxylation is 1. The van der Waals surface area contributed by atoms with Crippen molar-refractivity contribution in [3.8, 4) is 5.75 Å². The van der Waals surface area contributed by atoms with E-state index in [1.54, 1.807) is 19.1 Å². The molecule has 6 heteroatoms. The molecule has 0 saturated heterocycles. The van der Waals surface area contributed by atoms with Crippen molar-refractivity contribution in [3.63, 3.8) is 0 Å². The van der Waals surface area contributed by atoms with Crippen LogP contribution in [-0.4, -0.2) is 40.6 Å². The molecule has 0 fully saturated rings. The largest absolute Gasteiger partial charge is 0.560 e. The minimum atomic E-state index is -0.568. The summed E-state index contributed by atoms with van der Waals surface area (Å²) in [5, 5.41) is 0. The van der Waals surface area contributed by atoms with Gasteiger partial charge in [-0.25, -0.2) is 4.99 Å². The predicted octanol–water partition coefficient (Wildman–Crippen LogP) is 2.98. The first-order valence-corrected chi connectivity index (χ1v) is 9.23. The van der Waals surface area contributed by atoms with Gasteiger partial charge in [-0.05, 0) is 48.2 Å². The van der Waals surface area contributed by atoms with Crippen molar-refractivity contribution in [1.29, 1.82) is 0 Å². The Hall–Kier alpha value is -3.02. The fourth-order valence-electron chi connectivity index (χ4n) is 2.90. The summed E-state index contributed by atoms with van der Waals surface area (Å²) in [7, 11) is 4.89. The smallest absolute Gasteiger partial charge is 0.323 e. The molecular formula is C22H27BN2O3. The van der Waals surface area contributed by atoms with Gasteiger partial charge in [-0.3, -0.25) is 4.79 Å². The van der Waals surface area contributed by atoms with Gasteiger partial charge in [0.15, 0.2) is 6.40 Å². The first-order chi connectivity index (χ1) is 13.6. The van der Waals surface area contributed by atoms with Crippen molar-refractivity contribution in [2.45, 2.75) is 25.3 Å². The number of aliphatic imine (C=N–C) groups is 1. The number of allylic oxidation sites excluding steroid dienone is 1. The highest BCUT2D eigenvalue weighted by Crippen LogP contribution is 2.20. The van der Waals surface area contributed by atoms with Crippen LogP contribution in [0.4, 0.5) is 5.69 Å². The van der Waals surface area contributed by atoms with E-state index < -0.39 is 6.04 Å². The Labute approximate surface area is 168 Å². The fourth-order valence-corrected chi connectivity index (χ4v) is 2.90. The van der Waals surface area contributed by atoms with Crippen molar-refractivity contribution < 1.29 is 14.2 Å². The maximum atomic E-state index is 13.1. The Morgan fingerprint density at radius 3 is 2.61 bits per heavy atom. The molecule has 28 heavy (non-hydrogen) atoms. The molecule has 0 aromatic heterocycles. The minimum Gasteiger partial charge on any atom is -0.560 e. The normalized spacial score (nSPS) is 11.8. The number of hydrogen-bond donors (Lipinski definition) is 0. The maximum absolute atomic E-state index is 13.1. The van der Waals surface area contributed by atoms with Gasteiger partial charge < -0.3 is 14.3 Å². The van der Waals surface area contributed by atoms with Gasteiger partial charge in [0.05, 0.1) is 7.11 Å². The molecule has 0 radical (unpaired) electrons. The van der Waals surface area contributed by atoms with Crippen LogP contribution < -0.4 is 9.64 Å². The van der Waals surface area contributed by atoms with Crippen LogP contribution in [0.5, 0.6) is 5.75 Å². The Morgan fingerprint density at radius 2 is 1.96 bits per heavy atom. The van der Waals surface area contributed by atoms with Crippen molar-refractivity contribution >= 4 is 26.0 Å². The highest BCUT2D eigenvalue weighted by atomic mass is 16.5. The van der Waals surface area contributed by atoms with Crippen LogP contribution in [0.25, 0.3) is 0 Å². The SMILES string of the molecule is BOC=N[C@@H](Cc1cccc(CCC=C)c1)C(=O)N(C)c1ccc(OC)cc1. The van der Waals surface area contributed by atoms with Crippen LogP contribution in [-0.2, 0) is 22.3 Å². The molecule has 2 aromatic rings. The van der Waals surface area contributed by atoms with Gasteiger partial charge >= 0.3 is 8.05 Å². The van der Waals surface area contributed by atoms with Crippen LogP contribution in [0.1, 0.15) is 17.5 Å². The molecule has 0 aliphatic heterocycles. The van der Waals surface area contributed by atoms with E-state index >= 15 is 0 Å². The lowest BCUT2D eigenvalue weighted by molar-refractivity contribution is -0.119. The van der Waals surface area contributed by atoms with E-state index in [1.165, 1.54) is 20.0 Å². The highest BCUT2D eigenvalue weighted by Gasteiger charge is 2.23. The van der Waals surface area contributed by atoms with Gasteiger partial charge in [-0.1, -0.05) is 30.3 Å². The molecule has 0 heterocycles. The number of benzene rings is 2. The lowest BCUT2D eigenvalue weighted by Crippen LogP contribution is -2.37. The molecule has 1 amide bonds. The molecule has 0 aliphatic rings. The first kappa shape index (κ1) is 21.3. The van der Waals surface area contributed by atoms with E-state index in [-0.39, 0.29) is 5.91 Å². The van der Waals surface area contributed by atoms with Crippen LogP contribution in [0, 0.1) is 0 Å². The van der Waals surface area contributed by atoms with Crippen molar-refractivity contribution in [2.24, 2.45) is 4.99 Å². The number of nitrogens with zero attached hydrogens (tertiary/aromatic N) is 2. The van der Waals surface area contributed by atoms with Crippen molar-refractivity contribution in [2.75, 3.05) is 19.1 Å². The number of anilines is 1. The summed E-state index contributed by atoms with van der Waals surface area (Å²) in [6.45, 7) is 3.77. The number of likely N-dealkylation sites (N-methyl/N-ethyl adjacent to an activating group) is 1. The summed E-state index contributed by atoms with van der Waals surface area (Å²) in [5.41, 5.74) is 3.07. The zero-order valence-corrected chi connectivity index (χ0v) is 16.8. The summed E-state index contributed by atoms with van der Waals surface area (Å²) in [6, 6.07) is 15.0. The predicted molar refractivity (Wildman–Crippen MR) is 117 cm³/mol. The lowest BCUT2D eigenvalue weighted by atomic mass is 10.0. The summed E-state index contributed by atoms with van der Waals surface area (Å²) in [5.74, 6) is 0.643. The zero-order valence-electron chi connectivity index (χ0n) is 16.8. The van der Waals surface area contributed by atoms with Crippen molar-refractivity contribution in [1.82, 2.24) is 0 Å². The molecule has 2 aromatic carbocycles. The third-order valence-corrected chi connectivity index (χ3v) is 4.48. The third kappa shape index (κ3) is 6.01. The summed E-state index contributed by atoms with van der Waals surface area (Å²) < 4.78 is 10.1. The second-order valence-electron chi connectivity index (χ2n) is 6.45. The number of methoxy groups -OCH3 is 1. The van der Waals surface area contributed by atoms with E-state index in [4.69, 9.17) is 9.39 Å². The Bertz CT molecular complexity index is 806. The molecule has 0 aliphatic carbocycles. The first-order valence-electron chi connectivity index (χ1n) is 9.23. The molecule has 146 valence electrons. The highest BCUT2D eigenvalue weighted by molar-refractivity contribution is 6.03. The monoisotopic (exact) mass is 378 g/mol. The van der Waals surface area contributed by atoms with Gasteiger partial charge in [0.25, 0.3) is 5.91 Å². The fraction of sp³-hybridized carbons (Fsp3) is 0.273. The quantitative estimate of drug-likeness (QED) is 0.276. The molecular weight excluding hydrogens is 351 g/mol. The van der Waals surface area contributed by atoms with Crippen LogP contribution in [0.15, 0.2) is 66.2 Å². The Kier molecular flexibility index (Phi) is 8.34. The molecule has 1 atom stereocenters. The van der Waals surface area contributed by atoms with Gasteiger partial charge in [0, 0.05) is 19.2 Å². The summed E-state index contributed by atoms with van der Waals surface area (Å²) in [4.78, 5) is 19.0. The maximum Gasteiger partial charge on any atom is 0.323 e. The van der Waals surface area contributed by atoms with Gasteiger partial charge in [-0.2, -0.15) is 0 Å². The van der Waals surface area contributed by atoms with E-state index in [1.807, 2.05) is 42.5 Å². The Morgan fingerprint density at radius 1 is 1.25 bits per heavy atom. The molecule has 0 N–H and O–H groups in total. The minimum absolute atomic E-state index is 0.102. The molecule has 0 unspecified atom stereocenters. The molecule has 5 nitrogen and oxygen atoms in total. The molecule has 2 rings (SSSR count). The lowest BCUT2D eigenvalue weighted by Gasteiger charge is -2.22. The number of carbonyl (C=O) groups excluding carboxylic acids is 1. The topological polar surface area (TPSA) is 51.1 Å². The zero-order chi connectivity index (χ0) is 20.4. The number of carbonyl (C=O) groups is 1. The number of amides is 1. The van der Waals surface area contributed by atoms with Crippen LogP contribution >= 0.6 is 0 Å². The van der Waals surface area contributed by atoms with Crippen molar-refractivity contribution in [3.05, 3.63) is 72.3 Å². The third-order valence-electron chi connectivity index (χ3n) is 4.48. The van der Waals surface area contributed by atoms with Gasteiger partial charge in [0.1, 0.15) is 11.8 Å². The molecule has 0 spiro atoms. The number of hydrogen-bond acceptors (Lipinski definition) is 4. The standard InChI is InChI=1S/C22H27BN2O3/c1-4-5-7-17-8-6-9-18(14-17)15-21(24-16-28-23)22(26)25(2)19-10-12-20(27-3)13-11-19/h4,6,8-14,16,21H,1,5,7,15,23H2,2-3H3/t21-/m0/s1. The second-order valence-corrected chi connectivity index (χ2v) is 6.45. The van der Waals surface area contributed by atoms with E-state index in [0.29, 0.717) is 6.42 Å². The van der Waals surface area contributed by atoms with Crippen LogP contribution in [0.3, 0.4) is 0 Å². The van der Waals surface area contributed by atoms with Crippen LogP contribution in [0.2, 0.25) is 0 Å². The number of ether oxygens (including phenoxy) is 1. The summed E-state index contributed by atoms with van der Waals surface area (Å²) >= 11 is 0. The average Bonchev–Trinajstić information content (AvgIpc) is 2.74. The molecule has 0 bridgehead atoms. The van der Waals surface area contributed by atoms with E-state index in [0.717, 1.165) is 29.8 Å². The van der Waals surface area contributed by atoms with E-state index in [9.17, 15) is 4.79 Å². The second kappa shape index (κ2) is 11.0.